The quantitative estimate of drug-likeness (QED) is 0.734. The van der Waals surface area contributed by atoms with E-state index in [0.717, 1.165) is 6.32 Å². The molecular weight excluding hydrogens is 262 g/mol. The third kappa shape index (κ3) is 4.60. The van der Waals surface area contributed by atoms with Crippen molar-refractivity contribution in [1.82, 2.24) is 9.97 Å². The fraction of sp³-hybridized carbons (Fsp3) is 0.118. The minimum atomic E-state index is -0.174. The summed E-state index contributed by atoms with van der Waals surface area (Å²) in [7, 11) is 0. The first-order chi connectivity index (χ1) is 10.3. The lowest BCUT2D eigenvalue weighted by Gasteiger charge is -2.12. The summed E-state index contributed by atoms with van der Waals surface area (Å²) in [5.74, 6) is -0.174. The van der Waals surface area contributed by atoms with Crippen LogP contribution in [0, 0.1) is 5.82 Å². The minimum absolute atomic E-state index is 0.174. The predicted molar refractivity (Wildman–Crippen MR) is 86.9 cm³/mol. The van der Waals surface area contributed by atoms with Crippen LogP contribution in [-0.2, 0) is 0 Å². The summed E-state index contributed by atoms with van der Waals surface area (Å²) in [6.07, 6.45) is 6.11. The van der Waals surface area contributed by atoms with E-state index >= 15 is 0 Å². The van der Waals surface area contributed by atoms with E-state index in [9.17, 15) is 4.39 Å². The third-order valence-electron chi connectivity index (χ3n) is 3.29. The summed E-state index contributed by atoms with van der Waals surface area (Å²) in [6.45, 7) is 2.52. The van der Waals surface area contributed by atoms with Gasteiger partial charge in [0.1, 0.15) is 5.82 Å². The van der Waals surface area contributed by atoms with E-state index in [0.29, 0.717) is 6.71 Å². The number of imidazole rings is 1. The van der Waals surface area contributed by atoms with Gasteiger partial charge in [0.25, 0.3) is 0 Å². The average Bonchev–Trinajstić information content (AvgIpc) is 3.11. The molecule has 2 nitrogen and oxygen atoms in total. The fourth-order valence-electron chi connectivity index (χ4n) is 2.26. The average molecular weight is 280 g/mol. The molecule has 1 heterocycles. The monoisotopic (exact) mass is 280 g/mol. The smallest absolute Gasteiger partial charge is 0.209 e. The van der Waals surface area contributed by atoms with Gasteiger partial charge in [-0.25, -0.2) is 9.37 Å². The second-order valence-electron chi connectivity index (χ2n) is 4.68. The van der Waals surface area contributed by atoms with Crippen LogP contribution in [0.25, 0.3) is 0 Å². The van der Waals surface area contributed by atoms with E-state index in [1.807, 2.05) is 30.3 Å². The van der Waals surface area contributed by atoms with Gasteiger partial charge in [-0.3, -0.25) is 0 Å². The van der Waals surface area contributed by atoms with E-state index in [-0.39, 0.29) is 5.82 Å². The Labute approximate surface area is 125 Å². The van der Waals surface area contributed by atoms with Crippen molar-refractivity contribution in [2.75, 3.05) is 0 Å². The van der Waals surface area contributed by atoms with Crippen LogP contribution in [0.4, 0.5) is 4.39 Å². The van der Waals surface area contributed by atoms with E-state index in [4.69, 9.17) is 0 Å². The molecule has 0 fully saturated rings. The maximum absolute atomic E-state index is 12.9. The number of H-pyrrole nitrogens is 1. The molecule has 2 aromatic carbocycles. The molecule has 1 N–H and O–H groups in total. The summed E-state index contributed by atoms with van der Waals surface area (Å²) in [5, 5.41) is 0. The fourth-order valence-corrected chi connectivity index (χ4v) is 2.26. The Morgan fingerprint density at radius 3 is 2.14 bits per heavy atom. The van der Waals surface area contributed by atoms with Crippen LogP contribution >= 0.6 is 0 Å². The molecule has 0 bridgehead atoms. The van der Waals surface area contributed by atoms with E-state index in [1.54, 1.807) is 18.7 Å². The lowest BCUT2D eigenvalue weighted by atomic mass is 9.39. The Kier molecular flexibility index (Phi) is 5.77. The van der Waals surface area contributed by atoms with Crippen LogP contribution < -0.4 is 10.9 Å². The highest BCUT2D eigenvalue weighted by Gasteiger charge is 2.15. The van der Waals surface area contributed by atoms with Crippen LogP contribution in [0.2, 0.25) is 6.32 Å². The van der Waals surface area contributed by atoms with Crippen molar-refractivity contribution in [3.63, 3.8) is 0 Å². The molecule has 0 aliphatic rings. The number of aromatic nitrogens is 2. The van der Waals surface area contributed by atoms with Crippen LogP contribution in [0.5, 0.6) is 0 Å². The third-order valence-corrected chi connectivity index (χ3v) is 3.29. The van der Waals surface area contributed by atoms with Crippen LogP contribution in [0.3, 0.4) is 0 Å². The van der Waals surface area contributed by atoms with Gasteiger partial charge >= 0.3 is 0 Å². The maximum Gasteiger partial charge on any atom is 0.209 e. The zero-order valence-electron chi connectivity index (χ0n) is 12.0. The van der Waals surface area contributed by atoms with Crippen LogP contribution in [0.1, 0.15) is 6.92 Å². The molecule has 0 amide bonds. The number of hydrogen-bond acceptors (Lipinski definition) is 1. The van der Waals surface area contributed by atoms with Gasteiger partial charge in [0.05, 0.1) is 6.33 Å². The number of rotatable bonds is 3. The summed E-state index contributed by atoms with van der Waals surface area (Å²) in [6, 6.07) is 17.1. The molecule has 21 heavy (non-hydrogen) atoms. The predicted octanol–water partition coefficient (Wildman–Crippen LogP) is 2.86. The van der Waals surface area contributed by atoms with Gasteiger partial charge < -0.3 is 4.98 Å². The lowest BCUT2D eigenvalue weighted by Crippen LogP contribution is -2.41. The molecule has 3 rings (SSSR count). The lowest BCUT2D eigenvalue weighted by molar-refractivity contribution is 0.628. The molecule has 0 radical (unpaired) electrons. The van der Waals surface area contributed by atoms with Gasteiger partial charge in [-0.05, 0) is 12.1 Å². The number of benzene rings is 2. The maximum atomic E-state index is 12.9. The van der Waals surface area contributed by atoms with Crippen LogP contribution in [-0.4, -0.2) is 16.7 Å². The Balaban J connectivity index is 0.000000272. The normalized spacial score (nSPS) is 9.62. The summed E-state index contributed by atoms with van der Waals surface area (Å²) in [5.41, 5.74) is 2.46. The van der Waals surface area contributed by atoms with Gasteiger partial charge in [0.2, 0.25) is 6.71 Å². The van der Waals surface area contributed by atoms with Crippen molar-refractivity contribution in [1.29, 1.82) is 0 Å². The topological polar surface area (TPSA) is 28.7 Å². The van der Waals surface area contributed by atoms with Crippen molar-refractivity contribution < 1.29 is 4.39 Å². The highest BCUT2D eigenvalue weighted by Crippen LogP contribution is 1.99. The standard InChI is InChI=1S/C14H14BF.C3H4N2/c1-2-15(12-6-4-3-5-7-12)13-8-10-14(16)11-9-13;1-2-5-3-4-1/h3-11H,2H2,1H3;1-3H,(H,4,5). The summed E-state index contributed by atoms with van der Waals surface area (Å²) in [4.78, 5) is 6.42. The van der Waals surface area contributed by atoms with Gasteiger partial charge in [-0.15, -0.1) is 0 Å². The number of nitrogens with one attached hydrogen (secondary N) is 1. The highest BCUT2D eigenvalue weighted by molar-refractivity contribution is 6.85. The molecule has 0 spiro atoms. The highest BCUT2D eigenvalue weighted by atomic mass is 19.1. The molecule has 0 aliphatic heterocycles. The molecule has 1 aromatic heterocycles. The van der Waals surface area contributed by atoms with E-state index < -0.39 is 0 Å². The number of aromatic amines is 1. The van der Waals surface area contributed by atoms with E-state index in [2.05, 4.69) is 29.0 Å². The molecular formula is C17H18BFN2. The Morgan fingerprint density at radius 2 is 1.67 bits per heavy atom. The van der Waals surface area contributed by atoms with Crippen molar-refractivity contribution >= 4 is 17.6 Å². The van der Waals surface area contributed by atoms with Crippen molar-refractivity contribution in [3.05, 3.63) is 79.1 Å². The molecule has 0 saturated heterocycles. The molecule has 0 aliphatic carbocycles. The van der Waals surface area contributed by atoms with Gasteiger partial charge in [0, 0.05) is 12.4 Å². The molecule has 3 aromatic rings. The first-order valence-electron chi connectivity index (χ1n) is 7.04. The van der Waals surface area contributed by atoms with Crippen molar-refractivity contribution in [2.45, 2.75) is 13.2 Å². The molecule has 0 unspecified atom stereocenters. The Hall–Kier alpha value is -2.36. The van der Waals surface area contributed by atoms with Crippen molar-refractivity contribution in [3.8, 4) is 0 Å². The molecule has 0 saturated carbocycles. The zero-order chi connectivity index (χ0) is 14.9. The number of halogens is 1. The van der Waals surface area contributed by atoms with Crippen LogP contribution in [0.15, 0.2) is 73.3 Å². The summed E-state index contributed by atoms with van der Waals surface area (Å²) < 4.78 is 12.9. The molecule has 106 valence electrons. The Morgan fingerprint density at radius 1 is 1.00 bits per heavy atom. The SMILES string of the molecule is CCB(c1ccccc1)c1ccc(F)cc1.c1c[nH]cn1. The van der Waals surface area contributed by atoms with Crippen molar-refractivity contribution in [2.24, 2.45) is 0 Å². The van der Waals surface area contributed by atoms with Gasteiger partial charge in [-0.1, -0.05) is 66.6 Å². The molecule has 4 heteroatoms. The van der Waals surface area contributed by atoms with E-state index in [1.165, 1.54) is 23.1 Å². The second-order valence-corrected chi connectivity index (χ2v) is 4.68. The van der Waals surface area contributed by atoms with Gasteiger partial charge in [0.15, 0.2) is 0 Å². The second kappa shape index (κ2) is 8.05. The number of hydrogen-bond donors (Lipinski definition) is 1. The summed E-state index contributed by atoms with van der Waals surface area (Å²) >= 11 is 0. The van der Waals surface area contributed by atoms with Gasteiger partial charge in [-0.2, -0.15) is 0 Å². The number of nitrogens with zero attached hydrogens (tertiary/aromatic N) is 1. The largest absolute Gasteiger partial charge is 0.351 e. The Bertz CT molecular complexity index is 592. The first-order valence-corrected chi connectivity index (χ1v) is 7.04. The minimum Gasteiger partial charge on any atom is -0.351 e. The first kappa shape index (κ1) is 15.0. The zero-order valence-corrected chi connectivity index (χ0v) is 12.0. The molecule has 0 atom stereocenters.